The van der Waals surface area contributed by atoms with Gasteiger partial charge in [-0.05, 0) is 77.9 Å². The average molecular weight is 600 g/mol. The van der Waals surface area contributed by atoms with Gasteiger partial charge in [-0.3, -0.25) is 9.69 Å². The highest BCUT2D eigenvalue weighted by atomic mass is 79.9. The lowest BCUT2D eigenvalue weighted by Crippen LogP contribution is -2.28. The first-order valence-corrected chi connectivity index (χ1v) is 14.2. The molecule has 0 aromatic heterocycles. The summed E-state index contributed by atoms with van der Waals surface area (Å²) in [6, 6.07) is 33.4. The van der Waals surface area contributed by atoms with Gasteiger partial charge >= 0.3 is 0 Å². The van der Waals surface area contributed by atoms with Crippen LogP contribution >= 0.6 is 27.7 Å². The van der Waals surface area contributed by atoms with Crippen LogP contribution < -0.4 is 9.47 Å². The summed E-state index contributed by atoms with van der Waals surface area (Å²) < 4.78 is 13.0. The molecule has 0 unspecified atom stereocenters. The van der Waals surface area contributed by atoms with E-state index in [2.05, 4.69) is 15.9 Å². The molecule has 0 atom stereocenters. The Hall–Kier alpha value is -3.81. The second kappa shape index (κ2) is 12.8. The van der Waals surface area contributed by atoms with Gasteiger partial charge in [0.1, 0.15) is 6.61 Å². The van der Waals surface area contributed by atoms with Gasteiger partial charge in [-0.15, -0.1) is 0 Å². The molecule has 5 nitrogen and oxygen atoms in total. The molecular formula is C32H27BrN2O3S. The minimum atomic E-state index is -0.0768. The number of hydrogen-bond donors (Lipinski definition) is 0. The molecule has 0 N–H and O–H groups in total. The van der Waals surface area contributed by atoms with E-state index in [0.29, 0.717) is 41.3 Å². The van der Waals surface area contributed by atoms with Crippen molar-refractivity contribution in [2.24, 2.45) is 4.99 Å². The summed E-state index contributed by atoms with van der Waals surface area (Å²) in [5.74, 6) is 1.22. The molecule has 1 saturated heterocycles. The zero-order valence-corrected chi connectivity index (χ0v) is 23.8. The number of aliphatic imine (C=N–C) groups is 1. The number of amidine groups is 1. The quantitative estimate of drug-likeness (QED) is 0.182. The van der Waals surface area contributed by atoms with Gasteiger partial charge in [0.05, 0.1) is 23.7 Å². The summed E-state index contributed by atoms with van der Waals surface area (Å²) in [6.45, 7) is 3.31. The van der Waals surface area contributed by atoms with Crippen molar-refractivity contribution in [3.63, 3.8) is 0 Å². The number of thioether (sulfide) groups is 1. The van der Waals surface area contributed by atoms with E-state index < -0.39 is 0 Å². The third-order valence-corrected chi connectivity index (χ3v) is 7.46. The van der Waals surface area contributed by atoms with Crippen molar-refractivity contribution in [3.05, 3.63) is 129 Å². The van der Waals surface area contributed by atoms with Crippen LogP contribution in [0, 0.1) is 0 Å². The highest BCUT2D eigenvalue weighted by molar-refractivity contribution is 9.10. The van der Waals surface area contributed by atoms with E-state index in [0.717, 1.165) is 26.9 Å². The maximum Gasteiger partial charge on any atom is 0.267 e. The normalized spacial score (nSPS) is 15.2. The Morgan fingerprint density at radius 1 is 0.846 bits per heavy atom. The number of amides is 1. The van der Waals surface area contributed by atoms with Gasteiger partial charge in [0.15, 0.2) is 16.7 Å². The van der Waals surface area contributed by atoms with Gasteiger partial charge in [-0.2, -0.15) is 0 Å². The number of ether oxygens (including phenoxy) is 2. The molecule has 1 amide bonds. The molecule has 0 bridgehead atoms. The molecule has 0 saturated carbocycles. The van der Waals surface area contributed by atoms with E-state index in [1.54, 1.807) is 4.90 Å². The Morgan fingerprint density at radius 2 is 1.56 bits per heavy atom. The molecule has 1 aliphatic heterocycles. The second-order valence-corrected chi connectivity index (χ2v) is 10.7. The van der Waals surface area contributed by atoms with Crippen molar-refractivity contribution in [1.29, 1.82) is 0 Å². The largest absolute Gasteiger partial charge is 0.490 e. The summed E-state index contributed by atoms with van der Waals surface area (Å²) in [5.41, 5.74) is 3.76. The Balaban J connectivity index is 1.41. The highest BCUT2D eigenvalue weighted by Gasteiger charge is 2.33. The molecule has 0 spiro atoms. The number of hydrogen-bond acceptors (Lipinski definition) is 5. The first-order chi connectivity index (χ1) is 19.1. The lowest BCUT2D eigenvalue weighted by atomic mass is 10.1. The third kappa shape index (κ3) is 6.99. The summed E-state index contributed by atoms with van der Waals surface area (Å²) in [4.78, 5) is 20.7. The number of halogens is 1. The fourth-order valence-corrected chi connectivity index (χ4v) is 5.27. The van der Waals surface area contributed by atoms with Crippen molar-refractivity contribution in [3.8, 4) is 11.5 Å². The van der Waals surface area contributed by atoms with Gasteiger partial charge in [-0.1, -0.05) is 82.7 Å². The van der Waals surface area contributed by atoms with Gasteiger partial charge < -0.3 is 9.47 Å². The minimum Gasteiger partial charge on any atom is -0.490 e. The van der Waals surface area contributed by atoms with E-state index in [1.165, 1.54) is 11.8 Å². The highest BCUT2D eigenvalue weighted by Crippen LogP contribution is 2.37. The van der Waals surface area contributed by atoms with Crippen LogP contribution in [0.25, 0.3) is 6.08 Å². The fraction of sp³-hybridized carbons (Fsp3) is 0.125. The zero-order chi connectivity index (χ0) is 27.0. The molecule has 1 fully saturated rings. The van der Waals surface area contributed by atoms with Crippen LogP contribution in [0.2, 0.25) is 0 Å². The first kappa shape index (κ1) is 26.8. The molecule has 7 heteroatoms. The van der Waals surface area contributed by atoms with Crippen molar-refractivity contribution in [2.45, 2.75) is 20.1 Å². The maximum absolute atomic E-state index is 13.6. The van der Waals surface area contributed by atoms with E-state index in [9.17, 15) is 4.79 Å². The molecule has 5 rings (SSSR count). The smallest absolute Gasteiger partial charge is 0.267 e. The number of para-hydroxylation sites is 1. The predicted octanol–water partition coefficient (Wildman–Crippen LogP) is 8.23. The molecule has 4 aromatic rings. The summed E-state index contributed by atoms with van der Waals surface area (Å²) in [5, 5.41) is 0.654. The van der Waals surface area contributed by atoms with Crippen LogP contribution in [-0.2, 0) is 17.9 Å². The van der Waals surface area contributed by atoms with Crippen LogP contribution in [0.5, 0.6) is 11.5 Å². The van der Waals surface area contributed by atoms with Gasteiger partial charge in [0.2, 0.25) is 0 Å². The zero-order valence-electron chi connectivity index (χ0n) is 21.4. The minimum absolute atomic E-state index is 0.0768. The van der Waals surface area contributed by atoms with E-state index in [-0.39, 0.29) is 5.91 Å². The molecule has 1 aliphatic rings. The lowest BCUT2D eigenvalue weighted by Gasteiger charge is -2.15. The second-order valence-electron chi connectivity index (χ2n) is 8.77. The molecule has 4 aromatic carbocycles. The number of carbonyl (C=O) groups is 1. The summed E-state index contributed by atoms with van der Waals surface area (Å²) in [7, 11) is 0. The van der Waals surface area contributed by atoms with Crippen molar-refractivity contribution < 1.29 is 14.3 Å². The summed E-state index contributed by atoms with van der Waals surface area (Å²) >= 11 is 4.84. The van der Waals surface area contributed by atoms with Gasteiger partial charge in [-0.25, -0.2) is 4.99 Å². The number of rotatable bonds is 9. The van der Waals surface area contributed by atoms with Crippen LogP contribution in [-0.4, -0.2) is 22.6 Å². The maximum atomic E-state index is 13.6. The lowest BCUT2D eigenvalue weighted by molar-refractivity contribution is -0.122. The Labute approximate surface area is 241 Å². The van der Waals surface area contributed by atoms with Crippen LogP contribution in [0.1, 0.15) is 23.6 Å². The average Bonchev–Trinajstić information content (AvgIpc) is 3.23. The van der Waals surface area contributed by atoms with Crippen LogP contribution in [0.3, 0.4) is 0 Å². The molecule has 39 heavy (non-hydrogen) atoms. The number of carbonyl (C=O) groups excluding carboxylic acids is 1. The number of benzene rings is 4. The van der Waals surface area contributed by atoms with Crippen molar-refractivity contribution in [1.82, 2.24) is 4.90 Å². The number of nitrogens with zero attached hydrogens (tertiary/aromatic N) is 2. The Morgan fingerprint density at radius 3 is 2.28 bits per heavy atom. The molecule has 1 heterocycles. The fourth-order valence-electron chi connectivity index (χ4n) is 4.00. The van der Waals surface area contributed by atoms with Crippen LogP contribution in [0.4, 0.5) is 5.69 Å². The molecule has 0 aliphatic carbocycles. The SMILES string of the molecule is CCOc1cc(/C=C2/SC(=Nc3ccccc3)N(Cc3ccccc3)C2=O)ccc1OCc1ccc(Br)cc1. The molecular weight excluding hydrogens is 572 g/mol. The van der Waals surface area contributed by atoms with E-state index in [1.807, 2.05) is 116 Å². The first-order valence-electron chi connectivity index (χ1n) is 12.6. The molecule has 0 radical (unpaired) electrons. The third-order valence-electron chi connectivity index (χ3n) is 5.93. The monoisotopic (exact) mass is 598 g/mol. The van der Waals surface area contributed by atoms with E-state index in [4.69, 9.17) is 14.5 Å². The molecule has 196 valence electrons. The van der Waals surface area contributed by atoms with Crippen molar-refractivity contribution in [2.75, 3.05) is 6.61 Å². The standard InChI is InChI=1S/C32H27BrN2O3S/c1-2-37-29-19-25(15-18-28(29)38-22-24-13-16-26(33)17-14-24)20-30-31(36)35(21-23-9-5-3-6-10-23)32(39-30)34-27-11-7-4-8-12-27/h3-20H,2,21-22H2,1H3/b30-20+,34-32?. The van der Waals surface area contributed by atoms with Gasteiger partial charge in [0.25, 0.3) is 5.91 Å². The van der Waals surface area contributed by atoms with Crippen molar-refractivity contribution >= 4 is 50.5 Å². The van der Waals surface area contributed by atoms with E-state index >= 15 is 0 Å². The predicted molar refractivity (Wildman–Crippen MR) is 162 cm³/mol. The topological polar surface area (TPSA) is 51.1 Å². The van der Waals surface area contributed by atoms with Gasteiger partial charge in [0, 0.05) is 4.47 Å². The Bertz CT molecular complexity index is 1490. The summed E-state index contributed by atoms with van der Waals surface area (Å²) in [6.07, 6.45) is 1.89. The Kier molecular flexibility index (Phi) is 8.81. The van der Waals surface area contributed by atoms with Crippen LogP contribution in [0.15, 0.2) is 117 Å².